The van der Waals surface area contributed by atoms with Crippen LogP contribution in [0.3, 0.4) is 0 Å². The Morgan fingerprint density at radius 3 is 2.00 bits per heavy atom. The quantitative estimate of drug-likeness (QED) is 0.761. The summed E-state index contributed by atoms with van der Waals surface area (Å²) < 4.78 is 54.8. The van der Waals surface area contributed by atoms with Crippen LogP contribution in [0, 0.1) is 0 Å². The van der Waals surface area contributed by atoms with E-state index in [9.17, 15) is 16.8 Å². The maximum absolute atomic E-state index is 13.2. The fourth-order valence-corrected chi connectivity index (χ4v) is 7.07. The maximum Gasteiger partial charge on any atom is 0.264 e. The summed E-state index contributed by atoms with van der Waals surface area (Å²) in [7, 11) is -7.32. The van der Waals surface area contributed by atoms with Crippen molar-refractivity contribution in [1.29, 1.82) is 0 Å². The van der Waals surface area contributed by atoms with Crippen LogP contribution >= 0.6 is 0 Å². The Bertz CT molecular complexity index is 1070. The number of fused-ring (bicyclic) bond motifs is 1. The molecule has 2 aromatic carbocycles. The lowest BCUT2D eigenvalue weighted by Crippen LogP contribution is -2.35. The molecule has 150 valence electrons. The van der Waals surface area contributed by atoms with Gasteiger partial charge in [0.25, 0.3) is 10.0 Å². The van der Waals surface area contributed by atoms with Crippen LogP contribution in [0.25, 0.3) is 0 Å². The lowest BCUT2D eigenvalue weighted by atomic mass is 10.0. The van der Waals surface area contributed by atoms with E-state index in [1.54, 1.807) is 0 Å². The number of anilines is 1. The first-order valence-electron chi connectivity index (χ1n) is 9.54. The second-order valence-electron chi connectivity index (χ2n) is 7.43. The third kappa shape index (κ3) is 3.23. The van der Waals surface area contributed by atoms with Crippen LogP contribution in [-0.4, -0.2) is 40.8 Å². The highest BCUT2D eigenvalue weighted by Crippen LogP contribution is 2.39. The molecule has 1 atom stereocenters. The van der Waals surface area contributed by atoms with Gasteiger partial charge < -0.3 is 0 Å². The standard InChI is InChI=1S/C20H24N2O4S2/c1-16-15-22(20-8-4-3-7-19(16)20)28(25,26)18-11-9-17(10-12-18)27(23,24)21-13-5-2-6-14-21/h3-4,7-12,16H,2,5-6,13-15H2,1H3. The molecule has 1 fully saturated rings. The lowest BCUT2D eigenvalue weighted by Gasteiger charge is -2.26. The second kappa shape index (κ2) is 7.17. The number of benzene rings is 2. The zero-order valence-electron chi connectivity index (χ0n) is 15.8. The van der Waals surface area contributed by atoms with Gasteiger partial charge in [0.15, 0.2) is 0 Å². The Labute approximate surface area is 166 Å². The Kier molecular flexibility index (Phi) is 4.97. The molecule has 0 spiro atoms. The molecular weight excluding hydrogens is 396 g/mol. The summed E-state index contributed by atoms with van der Waals surface area (Å²) in [5.74, 6) is 0.115. The number of piperidine rings is 1. The fraction of sp³-hybridized carbons (Fsp3) is 0.400. The lowest BCUT2D eigenvalue weighted by molar-refractivity contribution is 0.346. The van der Waals surface area contributed by atoms with Gasteiger partial charge in [-0.2, -0.15) is 4.31 Å². The molecule has 0 bridgehead atoms. The molecular formula is C20H24N2O4S2. The highest BCUT2D eigenvalue weighted by Gasteiger charge is 2.34. The summed E-state index contributed by atoms with van der Waals surface area (Å²) in [6.45, 7) is 3.42. The number of rotatable bonds is 4. The monoisotopic (exact) mass is 420 g/mol. The van der Waals surface area contributed by atoms with Crippen molar-refractivity contribution in [3.8, 4) is 0 Å². The first kappa shape index (κ1) is 19.4. The zero-order chi connectivity index (χ0) is 19.9. The Morgan fingerprint density at radius 2 is 1.36 bits per heavy atom. The third-order valence-electron chi connectivity index (χ3n) is 5.54. The summed E-state index contributed by atoms with van der Waals surface area (Å²) in [5.41, 5.74) is 1.70. The second-order valence-corrected chi connectivity index (χ2v) is 11.2. The summed E-state index contributed by atoms with van der Waals surface area (Å²) in [6, 6.07) is 13.1. The molecule has 28 heavy (non-hydrogen) atoms. The van der Waals surface area contributed by atoms with Gasteiger partial charge in [0.1, 0.15) is 0 Å². The number of hydrogen-bond donors (Lipinski definition) is 0. The van der Waals surface area contributed by atoms with Gasteiger partial charge in [-0.15, -0.1) is 0 Å². The Morgan fingerprint density at radius 1 is 0.786 bits per heavy atom. The normalized spacial score (nSPS) is 20.9. The molecule has 2 aliphatic rings. The minimum absolute atomic E-state index is 0.106. The minimum Gasteiger partial charge on any atom is -0.265 e. The van der Waals surface area contributed by atoms with Crippen molar-refractivity contribution in [2.24, 2.45) is 0 Å². The molecule has 0 saturated carbocycles. The van der Waals surface area contributed by atoms with Gasteiger partial charge in [0.2, 0.25) is 10.0 Å². The summed E-state index contributed by atoms with van der Waals surface area (Å²) in [4.78, 5) is 0.248. The van der Waals surface area contributed by atoms with E-state index in [0.29, 0.717) is 25.3 Å². The predicted molar refractivity (Wildman–Crippen MR) is 108 cm³/mol. The van der Waals surface area contributed by atoms with Gasteiger partial charge in [-0.05, 0) is 48.7 Å². The molecule has 0 radical (unpaired) electrons. The molecule has 2 aromatic rings. The van der Waals surface area contributed by atoms with Crippen molar-refractivity contribution in [3.05, 3.63) is 54.1 Å². The minimum atomic E-state index is -3.75. The van der Waals surface area contributed by atoms with Gasteiger partial charge >= 0.3 is 0 Å². The smallest absolute Gasteiger partial charge is 0.264 e. The Hall–Kier alpha value is -1.90. The average Bonchev–Trinajstić information content (AvgIpc) is 3.06. The highest BCUT2D eigenvalue weighted by atomic mass is 32.2. The van der Waals surface area contributed by atoms with Crippen molar-refractivity contribution >= 4 is 25.7 Å². The topological polar surface area (TPSA) is 74.8 Å². The molecule has 0 amide bonds. The van der Waals surface area contributed by atoms with E-state index in [1.165, 1.54) is 32.9 Å². The van der Waals surface area contributed by atoms with Gasteiger partial charge in [-0.3, -0.25) is 4.31 Å². The molecule has 6 nitrogen and oxygen atoms in total. The van der Waals surface area contributed by atoms with E-state index < -0.39 is 20.0 Å². The van der Waals surface area contributed by atoms with Gasteiger partial charge in [-0.1, -0.05) is 31.5 Å². The zero-order valence-corrected chi connectivity index (χ0v) is 17.4. The molecule has 1 unspecified atom stereocenters. The molecule has 1 saturated heterocycles. The number of sulfonamides is 2. The first-order chi connectivity index (χ1) is 13.3. The maximum atomic E-state index is 13.2. The van der Waals surface area contributed by atoms with E-state index in [4.69, 9.17) is 0 Å². The summed E-state index contributed by atoms with van der Waals surface area (Å²) >= 11 is 0. The van der Waals surface area contributed by atoms with Crippen molar-refractivity contribution in [1.82, 2.24) is 4.31 Å². The first-order valence-corrected chi connectivity index (χ1v) is 12.4. The third-order valence-corrected chi connectivity index (χ3v) is 9.25. The fourth-order valence-electron chi connectivity index (χ4n) is 3.97. The van der Waals surface area contributed by atoms with E-state index >= 15 is 0 Å². The molecule has 0 N–H and O–H groups in total. The number of hydrogen-bond acceptors (Lipinski definition) is 4. The largest absolute Gasteiger partial charge is 0.265 e. The molecule has 0 aromatic heterocycles. The van der Waals surface area contributed by atoms with E-state index in [2.05, 4.69) is 0 Å². The number of para-hydroxylation sites is 1. The highest BCUT2D eigenvalue weighted by molar-refractivity contribution is 7.93. The summed E-state index contributed by atoms with van der Waals surface area (Å²) in [5, 5.41) is 0. The molecule has 2 heterocycles. The predicted octanol–water partition coefficient (Wildman–Crippen LogP) is 3.17. The van der Waals surface area contributed by atoms with Crippen LogP contribution in [0.1, 0.15) is 37.7 Å². The van der Waals surface area contributed by atoms with Crippen LogP contribution in [0.4, 0.5) is 5.69 Å². The molecule has 0 aliphatic carbocycles. The van der Waals surface area contributed by atoms with Crippen molar-refractivity contribution in [2.45, 2.75) is 41.9 Å². The number of nitrogens with zero attached hydrogens (tertiary/aromatic N) is 2. The van der Waals surface area contributed by atoms with E-state index in [1.807, 2.05) is 31.2 Å². The van der Waals surface area contributed by atoms with Crippen molar-refractivity contribution < 1.29 is 16.8 Å². The SMILES string of the molecule is CC1CN(S(=O)(=O)c2ccc(S(=O)(=O)N3CCCCC3)cc2)c2ccccc21. The average molecular weight is 421 g/mol. The van der Waals surface area contributed by atoms with E-state index in [-0.39, 0.29) is 15.7 Å². The summed E-state index contributed by atoms with van der Waals surface area (Å²) in [6.07, 6.45) is 2.76. The van der Waals surface area contributed by atoms with Gasteiger partial charge in [0.05, 0.1) is 15.5 Å². The van der Waals surface area contributed by atoms with Crippen molar-refractivity contribution in [3.63, 3.8) is 0 Å². The molecule has 8 heteroatoms. The van der Waals surface area contributed by atoms with Crippen LogP contribution in [0.5, 0.6) is 0 Å². The Balaban J connectivity index is 1.64. The molecule has 2 aliphatic heterocycles. The van der Waals surface area contributed by atoms with Crippen LogP contribution in [0.15, 0.2) is 58.3 Å². The van der Waals surface area contributed by atoms with Gasteiger partial charge in [0, 0.05) is 25.6 Å². The van der Waals surface area contributed by atoms with Crippen molar-refractivity contribution in [2.75, 3.05) is 23.9 Å². The van der Waals surface area contributed by atoms with Gasteiger partial charge in [-0.25, -0.2) is 16.8 Å². The van der Waals surface area contributed by atoms with Crippen LogP contribution < -0.4 is 4.31 Å². The van der Waals surface area contributed by atoms with Crippen LogP contribution in [0.2, 0.25) is 0 Å². The van der Waals surface area contributed by atoms with E-state index in [0.717, 1.165) is 24.8 Å². The molecule has 4 rings (SSSR count). The van der Waals surface area contributed by atoms with Crippen LogP contribution in [-0.2, 0) is 20.0 Å².